The molecule has 0 spiro atoms. The Labute approximate surface area is 114 Å². The first-order valence-electron chi connectivity index (χ1n) is 6.21. The number of ether oxygens (including phenoxy) is 1. The van der Waals surface area contributed by atoms with E-state index in [2.05, 4.69) is 10.6 Å². The topological polar surface area (TPSA) is 50.4 Å². The molecule has 0 bridgehead atoms. The molecule has 2 N–H and O–H groups in total. The first kappa shape index (κ1) is 14.8. The second kappa shape index (κ2) is 5.80. The van der Waals surface area contributed by atoms with Crippen LogP contribution < -0.4 is 10.6 Å². The minimum atomic E-state index is -4.43. The van der Waals surface area contributed by atoms with Crippen LogP contribution in [0.25, 0.3) is 0 Å². The fraction of sp³-hybridized carbons (Fsp3) is 0.462. The Hall–Kier alpha value is -1.60. The van der Waals surface area contributed by atoms with E-state index in [0.717, 1.165) is 12.1 Å². The molecule has 7 heteroatoms. The highest BCUT2D eigenvalue weighted by Gasteiger charge is 2.31. The molecule has 0 saturated carbocycles. The van der Waals surface area contributed by atoms with Crippen LogP contribution >= 0.6 is 0 Å². The molecule has 0 unspecified atom stereocenters. The summed E-state index contributed by atoms with van der Waals surface area (Å²) in [6.45, 7) is 2.78. The summed E-state index contributed by atoms with van der Waals surface area (Å²) in [5.41, 5.74) is -0.680. The predicted octanol–water partition coefficient (Wildman–Crippen LogP) is 2.02. The average Bonchev–Trinajstić information content (AvgIpc) is 2.38. The molecule has 1 aliphatic heterocycles. The van der Waals surface area contributed by atoms with Crippen LogP contribution in [0.4, 0.5) is 18.9 Å². The fourth-order valence-electron chi connectivity index (χ4n) is 2.02. The molecule has 1 heterocycles. The maximum Gasteiger partial charge on any atom is 0.416 e. The molecule has 0 aromatic heterocycles. The Morgan fingerprint density at radius 2 is 2.20 bits per heavy atom. The number of halogens is 3. The fourth-order valence-corrected chi connectivity index (χ4v) is 2.02. The summed E-state index contributed by atoms with van der Waals surface area (Å²) in [5, 5.41) is 5.45. The van der Waals surface area contributed by atoms with Gasteiger partial charge in [0.1, 0.15) is 6.04 Å². The van der Waals surface area contributed by atoms with Crippen LogP contribution in [0.1, 0.15) is 12.5 Å². The number of rotatable bonds is 2. The van der Waals surface area contributed by atoms with Crippen LogP contribution in [0.2, 0.25) is 0 Å². The Morgan fingerprint density at radius 3 is 2.85 bits per heavy atom. The highest BCUT2D eigenvalue weighted by molar-refractivity contribution is 5.95. The van der Waals surface area contributed by atoms with Crippen molar-refractivity contribution < 1.29 is 22.7 Å². The van der Waals surface area contributed by atoms with Gasteiger partial charge in [0.2, 0.25) is 5.91 Å². The highest BCUT2D eigenvalue weighted by atomic mass is 19.4. The first-order chi connectivity index (χ1) is 9.38. The molecular formula is C13H15F3N2O2. The molecule has 0 radical (unpaired) electrons. The number of amides is 1. The van der Waals surface area contributed by atoms with E-state index in [9.17, 15) is 18.0 Å². The number of alkyl halides is 3. The van der Waals surface area contributed by atoms with E-state index in [0.29, 0.717) is 13.2 Å². The van der Waals surface area contributed by atoms with Crippen molar-refractivity contribution in [3.05, 3.63) is 29.8 Å². The van der Waals surface area contributed by atoms with E-state index < -0.39 is 23.7 Å². The summed E-state index contributed by atoms with van der Waals surface area (Å²) in [7, 11) is 0. The van der Waals surface area contributed by atoms with Gasteiger partial charge < -0.3 is 15.4 Å². The largest absolute Gasteiger partial charge is 0.416 e. The molecule has 1 saturated heterocycles. The third-order valence-corrected chi connectivity index (χ3v) is 3.06. The van der Waals surface area contributed by atoms with E-state index in [4.69, 9.17) is 4.74 Å². The lowest BCUT2D eigenvalue weighted by molar-refractivity contribution is -0.137. The molecule has 1 aromatic carbocycles. The summed E-state index contributed by atoms with van der Waals surface area (Å²) >= 11 is 0. The lowest BCUT2D eigenvalue weighted by atomic mass is 10.1. The number of hydrogen-bond donors (Lipinski definition) is 2. The third-order valence-electron chi connectivity index (χ3n) is 3.06. The second-order valence-corrected chi connectivity index (χ2v) is 4.58. The predicted molar refractivity (Wildman–Crippen MR) is 67.3 cm³/mol. The number of carbonyl (C=O) groups is 1. The van der Waals surface area contributed by atoms with Gasteiger partial charge in [-0.05, 0) is 25.1 Å². The second-order valence-electron chi connectivity index (χ2n) is 4.58. The van der Waals surface area contributed by atoms with Crippen LogP contribution in [0.15, 0.2) is 24.3 Å². The molecule has 2 atom stereocenters. The van der Waals surface area contributed by atoms with E-state index in [1.807, 2.05) is 0 Å². The number of carbonyl (C=O) groups excluding carboxylic acids is 1. The Kier molecular flexibility index (Phi) is 4.29. The molecule has 2 rings (SSSR count). The van der Waals surface area contributed by atoms with E-state index in [-0.39, 0.29) is 11.8 Å². The van der Waals surface area contributed by atoms with E-state index >= 15 is 0 Å². The van der Waals surface area contributed by atoms with Crippen molar-refractivity contribution >= 4 is 11.6 Å². The van der Waals surface area contributed by atoms with Crippen LogP contribution in [-0.2, 0) is 15.7 Å². The lowest BCUT2D eigenvalue weighted by Crippen LogP contribution is -2.53. The Morgan fingerprint density at radius 1 is 1.45 bits per heavy atom. The number of morpholine rings is 1. The Bertz CT molecular complexity index is 491. The SMILES string of the molecule is C[C@H]1OCCN[C@@H]1C(=O)Nc1cccc(C(F)(F)F)c1. The number of benzene rings is 1. The smallest absolute Gasteiger partial charge is 0.375 e. The quantitative estimate of drug-likeness (QED) is 0.875. The Balaban J connectivity index is 2.08. The van der Waals surface area contributed by atoms with Gasteiger partial charge in [0, 0.05) is 12.2 Å². The summed E-state index contributed by atoms with van der Waals surface area (Å²) in [4.78, 5) is 12.0. The minimum absolute atomic E-state index is 0.115. The van der Waals surface area contributed by atoms with Gasteiger partial charge in [-0.1, -0.05) is 6.07 Å². The zero-order valence-corrected chi connectivity index (χ0v) is 10.8. The zero-order chi connectivity index (χ0) is 14.8. The maximum absolute atomic E-state index is 12.6. The number of hydrogen-bond acceptors (Lipinski definition) is 3. The van der Waals surface area contributed by atoms with Crippen molar-refractivity contribution in [1.82, 2.24) is 5.32 Å². The zero-order valence-electron chi connectivity index (χ0n) is 10.8. The molecule has 110 valence electrons. The van der Waals surface area contributed by atoms with Gasteiger partial charge in [-0.25, -0.2) is 0 Å². The minimum Gasteiger partial charge on any atom is -0.375 e. The van der Waals surface area contributed by atoms with Gasteiger partial charge in [-0.15, -0.1) is 0 Å². The van der Waals surface area contributed by atoms with Gasteiger partial charge in [-0.2, -0.15) is 13.2 Å². The lowest BCUT2D eigenvalue weighted by Gasteiger charge is -2.29. The van der Waals surface area contributed by atoms with Crippen LogP contribution in [-0.4, -0.2) is 31.2 Å². The van der Waals surface area contributed by atoms with E-state index in [1.165, 1.54) is 12.1 Å². The number of anilines is 1. The molecule has 1 fully saturated rings. The van der Waals surface area contributed by atoms with Gasteiger partial charge in [0.15, 0.2) is 0 Å². The van der Waals surface area contributed by atoms with Crippen molar-refractivity contribution in [3.63, 3.8) is 0 Å². The molecular weight excluding hydrogens is 273 g/mol. The highest BCUT2D eigenvalue weighted by Crippen LogP contribution is 2.30. The maximum atomic E-state index is 12.6. The van der Waals surface area contributed by atoms with Crippen LogP contribution in [0, 0.1) is 0 Å². The number of nitrogens with one attached hydrogen (secondary N) is 2. The monoisotopic (exact) mass is 288 g/mol. The average molecular weight is 288 g/mol. The van der Waals surface area contributed by atoms with Crippen LogP contribution in [0.5, 0.6) is 0 Å². The van der Waals surface area contributed by atoms with Crippen molar-refractivity contribution in [1.29, 1.82) is 0 Å². The van der Waals surface area contributed by atoms with E-state index in [1.54, 1.807) is 6.92 Å². The molecule has 1 aromatic rings. The third kappa shape index (κ3) is 3.49. The van der Waals surface area contributed by atoms with Gasteiger partial charge in [0.25, 0.3) is 0 Å². The summed E-state index contributed by atoms with van der Waals surface area (Å²) in [5.74, 6) is -0.406. The van der Waals surface area contributed by atoms with Crippen molar-refractivity contribution in [3.8, 4) is 0 Å². The summed E-state index contributed by atoms with van der Waals surface area (Å²) < 4.78 is 43.1. The molecule has 4 nitrogen and oxygen atoms in total. The molecule has 0 aliphatic carbocycles. The molecule has 20 heavy (non-hydrogen) atoms. The standard InChI is InChI=1S/C13H15F3N2O2/c1-8-11(17-5-6-20-8)12(19)18-10-4-2-3-9(7-10)13(14,15)16/h2-4,7-8,11,17H,5-6H2,1H3,(H,18,19)/t8-,11+/m1/s1. The van der Waals surface area contributed by atoms with Gasteiger partial charge >= 0.3 is 6.18 Å². The first-order valence-corrected chi connectivity index (χ1v) is 6.21. The summed E-state index contributed by atoms with van der Waals surface area (Å²) in [6.07, 6.45) is -4.75. The normalized spacial score (nSPS) is 23.4. The van der Waals surface area contributed by atoms with Crippen LogP contribution in [0.3, 0.4) is 0 Å². The summed E-state index contributed by atoms with van der Waals surface area (Å²) in [6, 6.07) is 3.97. The van der Waals surface area contributed by atoms with Gasteiger partial charge in [0.05, 0.1) is 18.3 Å². The van der Waals surface area contributed by atoms with Gasteiger partial charge in [-0.3, -0.25) is 4.79 Å². The van der Waals surface area contributed by atoms with Crippen molar-refractivity contribution in [2.24, 2.45) is 0 Å². The van der Waals surface area contributed by atoms with Crippen molar-refractivity contribution in [2.45, 2.75) is 25.2 Å². The molecule has 1 aliphatic rings. The van der Waals surface area contributed by atoms with Crippen molar-refractivity contribution in [2.75, 3.05) is 18.5 Å². The molecule has 1 amide bonds.